The van der Waals surface area contributed by atoms with Crippen molar-refractivity contribution >= 4 is 23.4 Å². The molecule has 146 valence electrons. The smallest absolute Gasteiger partial charge is 0.266 e. The van der Waals surface area contributed by atoms with Crippen LogP contribution in [0.25, 0.3) is 6.08 Å². The van der Waals surface area contributed by atoms with E-state index >= 15 is 0 Å². The van der Waals surface area contributed by atoms with Crippen molar-refractivity contribution in [3.63, 3.8) is 0 Å². The molecule has 1 N–H and O–H groups in total. The molecule has 2 aromatic carbocycles. The van der Waals surface area contributed by atoms with Crippen LogP contribution in [0.15, 0.2) is 42.0 Å². The van der Waals surface area contributed by atoms with Crippen LogP contribution in [0, 0.1) is 25.2 Å². The van der Waals surface area contributed by atoms with Gasteiger partial charge in [-0.05, 0) is 63.1 Å². The SMILES string of the molecule is CCN(CC)c1ccc(/C=C(\C#N)C(=O)Nc2cc(C)ccc2C)c(OC)c1. The molecule has 5 nitrogen and oxygen atoms in total. The molecule has 2 aromatic rings. The minimum absolute atomic E-state index is 0.0230. The highest BCUT2D eigenvalue weighted by molar-refractivity contribution is 6.10. The molecule has 0 radical (unpaired) electrons. The molecule has 0 aromatic heterocycles. The zero-order chi connectivity index (χ0) is 20.7. The van der Waals surface area contributed by atoms with Crippen molar-refractivity contribution in [1.82, 2.24) is 0 Å². The summed E-state index contributed by atoms with van der Waals surface area (Å²) in [5.74, 6) is 0.183. The van der Waals surface area contributed by atoms with E-state index in [-0.39, 0.29) is 5.57 Å². The number of nitriles is 1. The van der Waals surface area contributed by atoms with Crippen LogP contribution < -0.4 is 15.0 Å². The Labute approximate surface area is 167 Å². The predicted molar refractivity (Wildman–Crippen MR) is 115 cm³/mol. The molecule has 0 aliphatic heterocycles. The topological polar surface area (TPSA) is 65.4 Å². The second-order valence-corrected chi connectivity index (χ2v) is 6.54. The Morgan fingerprint density at radius 3 is 2.50 bits per heavy atom. The second kappa shape index (κ2) is 9.61. The van der Waals surface area contributed by atoms with Crippen molar-refractivity contribution in [1.29, 1.82) is 5.26 Å². The van der Waals surface area contributed by atoms with E-state index in [9.17, 15) is 10.1 Å². The fourth-order valence-electron chi connectivity index (χ4n) is 2.97. The number of carbonyl (C=O) groups is 1. The van der Waals surface area contributed by atoms with Crippen LogP contribution in [0.5, 0.6) is 5.75 Å². The monoisotopic (exact) mass is 377 g/mol. The number of carbonyl (C=O) groups excluding carboxylic acids is 1. The molecule has 0 fully saturated rings. The van der Waals surface area contributed by atoms with Crippen molar-refractivity contribution in [3.8, 4) is 11.8 Å². The van der Waals surface area contributed by atoms with Crippen molar-refractivity contribution in [2.45, 2.75) is 27.7 Å². The minimum atomic E-state index is -0.439. The summed E-state index contributed by atoms with van der Waals surface area (Å²) in [6.07, 6.45) is 1.56. The predicted octanol–water partition coefficient (Wildman–Crippen LogP) is 4.70. The number of anilines is 2. The van der Waals surface area contributed by atoms with Gasteiger partial charge in [0.05, 0.1) is 7.11 Å². The van der Waals surface area contributed by atoms with Crippen LogP contribution in [0.4, 0.5) is 11.4 Å². The first-order valence-electron chi connectivity index (χ1n) is 9.36. The number of nitrogens with one attached hydrogen (secondary N) is 1. The van der Waals surface area contributed by atoms with Crippen molar-refractivity contribution in [2.75, 3.05) is 30.4 Å². The molecular formula is C23H27N3O2. The number of methoxy groups -OCH3 is 1. The summed E-state index contributed by atoms with van der Waals surface area (Å²) in [5.41, 5.74) is 4.43. The zero-order valence-electron chi connectivity index (χ0n) is 17.2. The second-order valence-electron chi connectivity index (χ2n) is 6.54. The first kappa shape index (κ1) is 21.0. The lowest BCUT2D eigenvalue weighted by molar-refractivity contribution is -0.112. The third kappa shape index (κ3) is 4.92. The van der Waals surface area contributed by atoms with Crippen LogP contribution in [0.2, 0.25) is 0 Å². The van der Waals surface area contributed by atoms with Gasteiger partial charge in [-0.3, -0.25) is 4.79 Å². The number of amides is 1. The lowest BCUT2D eigenvalue weighted by Gasteiger charge is -2.22. The van der Waals surface area contributed by atoms with Gasteiger partial charge in [0.15, 0.2) is 0 Å². The summed E-state index contributed by atoms with van der Waals surface area (Å²) >= 11 is 0. The Bertz CT molecular complexity index is 922. The summed E-state index contributed by atoms with van der Waals surface area (Å²) < 4.78 is 5.49. The average Bonchev–Trinajstić information content (AvgIpc) is 2.70. The zero-order valence-corrected chi connectivity index (χ0v) is 17.2. The molecule has 5 heteroatoms. The largest absolute Gasteiger partial charge is 0.496 e. The van der Waals surface area contributed by atoms with Gasteiger partial charge in [-0.2, -0.15) is 5.26 Å². The lowest BCUT2D eigenvalue weighted by atomic mass is 10.1. The number of hydrogen-bond acceptors (Lipinski definition) is 4. The molecule has 0 aliphatic carbocycles. The van der Waals surface area contributed by atoms with Crippen LogP contribution in [0.1, 0.15) is 30.5 Å². The van der Waals surface area contributed by atoms with Crippen LogP contribution in [-0.2, 0) is 4.79 Å². The Morgan fingerprint density at radius 2 is 1.89 bits per heavy atom. The van der Waals surface area contributed by atoms with Gasteiger partial charge < -0.3 is 15.0 Å². The van der Waals surface area contributed by atoms with Gasteiger partial charge in [-0.25, -0.2) is 0 Å². The quantitative estimate of drug-likeness (QED) is 0.561. The van der Waals surface area contributed by atoms with E-state index in [0.717, 1.165) is 29.9 Å². The first-order valence-corrected chi connectivity index (χ1v) is 9.36. The van der Waals surface area contributed by atoms with Crippen molar-refractivity contribution in [2.24, 2.45) is 0 Å². The summed E-state index contributed by atoms with van der Waals surface area (Å²) in [7, 11) is 1.58. The van der Waals surface area contributed by atoms with Gasteiger partial charge in [-0.1, -0.05) is 12.1 Å². The third-order valence-electron chi connectivity index (χ3n) is 4.65. The fourth-order valence-corrected chi connectivity index (χ4v) is 2.97. The normalized spacial score (nSPS) is 10.9. The minimum Gasteiger partial charge on any atom is -0.496 e. The van der Waals surface area contributed by atoms with E-state index in [1.165, 1.54) is 0 Å². The van der Waals surface area contributed by atoms with Crippen molar-refractivity contribution < 1.29 is 9.53 Å². The number of nitrogens with zero attached hydrogens (tertiary/aromatic N) is 2. The van der Waals surface area contributed by atoms with Gasteiger partial charge in [0.2, 0.25) is 0 Å². The Morgan fingerprint density at radius 1 is 1.18 bits per heavy atom. The van der Waals surface area contributed by atoms with E-state index in [1.807, 2.05) is 56.3 Å². The highest BCUT2D eigenvalue weighted by Crippen LogP contribution is 2.28. The molecule has 0 bridgehead atoms. The third-order valence-corrected chi connectivity index (χ3v) is 4.65. The maximum atomic E-state index is 12.6. The fraction of sp³-hybridized carbons (Fsp3) is 0.304. The lowest BCUT2D eigenvalue weighted by Crippen LogP contribution is -2.21. The van der Waals surface area contributed by atoms with E-state index in [4.69, 9.17) is 4.74 Å². The summed E-state index contributed by atoms with van der Waals surface area (Å²) in [5, 5.41) is 12.3. The van der Waals surface area contributed by atoms with Crippen LogP contribution in [-0.4, -0.2) is 26.1 Å². The Hall–Kier alpha value is -3.26. The molecular weight excluding hydrogens is 350 g/mol. The first-order chi connectivity index (χ1) is 13.4. The van der Waals surface area contributed by atoms with Crippen LogP contribution >= 0.6 is 0 Å². The molecule has 0 heterocycles. The summed E-state index contributed by atoms with van der Waals surface area (Å²) in [6, 6.07) is 13.6. The molecule has 2 rings (SSSR count). The number of ether oxygens (including phenoxy) is 1. The molecule has 1 amide bonds. The summed E-state index contributed by atoms with van der Waals surface area (Å²) in [6.45, 7) is 9.83. The Kier molecular flexibility index (Phi) is 7.22. The highest BCUT2D eigenvalue weighted by Gasteiger charge is 2.13. The molecule has 28 heavy (non-hydrogen) atoms. The average molecular weight is 377 g/mol. The van der Waals surface area contributed by atoms with Crippen molar-refractivity contribution in [3.05, 3.63) is 58.7 Å². The maximum absolute atomic E-state index is 12.6. The number of rotatable bonds is 7. The van der Waals surface area contributed by atoms with Gasteiger partial charge in [0, 0.05) is 36.1 Å². The number of benzene rings is 2. The highest BCUT2D eigenvalue weighted by atomic mass is 16.5. The Balaban J connectivity index is 2.34. The molecule has 0 aliphatic rings. The van der Waals surface area contributed by atoms with Gasteiger partial charge in [-0.15, -0.1) is 0 Å². The number of aryl methyl sites for hydroxylation is 2. The summed E-state index contributed by atoms with van der Waals surface area (Å²) in [4.78, 5) is 14.8. The van der Waals surface area contributed by atoms with E-state index in [0.29, 0.717) is 17.0 Å². The van der Waals surface area contributed by atoms with Gasteiger partial charge in [0.1, 0.15) is 17.4 Å². The number of hydrogen-bond donors (Lipinski definition) is 1. The maximum Gasteiger partial charge on any atom is 0.266 e. The standard InChI is InChI=1S/C23H27N3O2/c1-6-26(7-2)20-11-10-18(22(14-20)28-5)13-19(15-24)23(27)25-21-12-16(3)8-9-17(21)4/h8-14H,6-7H2,1-5H3,(H,25,27)/b19-13+. The molecule has 0 saturated heterocycles. The molecule has 0 unspecified atom stereocenters. The van der Waals surface area contributed by atoms with E-state index in [2.05, 4.69) is 24.1 Å². The molecule has 0 atom stereocenters. The van der Waals surface area contributed by atoms with Gasteiger partial charge in [0.25, 0.3) is 5.91 Å². The van der Waals surface area contributed by atoms with Gasteiger partial charge >= 0.3 is 0 Å². The molecule has 0 spiro atoms. The van der Waals surface area contributed by atoms with E-state index < -0.39 is 5.91 Å². The van der Waals surface area contributed by atoms with Crippen LogP contribution in [0.3, 0.4) is 0 Å². The molecule has 0 saturated carbocycles. The van der Waals surface area contributed by atoms with E-state index in [1.54, 1.807) is 13.2 Å².